The smallest absolute Gasteiger partial charge is 0.159 e. The van der Waals surface area contributed by atoms with Gasteiger partial charge in [0.05, 0.1) is 5.21 Å². The average molecular weight is 263 g/mol. The molecule has 1 aliphatic rings. The summed E-state index contributed by atoms with van der Waals surface area (Å²) in [5, 5.41) is 13.3. The number of quaternary nitrogens is 1. The van der Waals surface area contributed by atoms with Gasteiger partial charge in [-0.15, -0.1) is 0 Å². The molecule has 19 heavy (non-hydrogen) atoms. The SMILES string of the molecule is CC1(C)CCCC(C)(C)[N+]1([O])OCc1ccccc1. The van der Waals surface area contributed by atoms with Crippen LogP contribution >= 0.6 is 0 Å². The second-order valence-electron chi connectivity index (χ2n) is 6.79. The molecule has 0 saturated carbocycles. The first-order valence-corrected chi connectivity index (χ1v) is 7.07. The van der Waals surface area contributed by atoms with Gasteiger partial charge in [-0.25, -0.2) is 0 Å². The summed E-state index contributed by atoms with van der Waals surface area (Å²) >= 11 is 0. The molecule has 1 fully saturated rings. The minimum atomic E-state index is -0.561. The molecule has 1 heterocycles. The molecule has 105 valence electrons. The second-order valence-corrected chi connectivity index (χ2v) is 6.79. The van der Waals surface area contributed by atoms with E-state index in [1.54, 1.807) is 0 Å². The van der Waals surface area contributed by atoms with Crippen molar-refractivity contribution in [3.8, 4) is 0 Å². The van der Waals surface area contributed by atoms with E-state index in [0.29, 0.717) is 6.61 Å². The fraction of sp³-hybridized carbons (Fsp3) is 0.625. The molecular formula is C16H25NO2+. The first-order chi connectivity index (χ1) is 8.79. The molecule has 0 aliphatic carbocycles. The monoisotopic (exact) mass is 263 g/mol. The Balaban J connectivity index is 2.18. The molecule has 3 heteroatoms. The van der Waals surface area contributed by atoms with E-state index in [4.69, 9.17) is 4.84 Å². The van der Waals surface area contributed by atoms with Crippen molar-refractivity contribution in [2.24, 2.45) is 0 Å². The largest absolute Gasteiger partial charge is 0.160 e. The van der Waals surface area contributed by atoms with Gasteiger partial charge in [-0.2, -0.15) is 4.84 Å². The number of rotatable bonds is 3. The van der Waals surface area contributed by atoms with Crippen molar-refractivity contribution in [2.75, 3.05) is 0 Å². The number of hydrogen-bond donors (Lipinski definition) is 0. The van der Waals surface area contributed by atoms with Gasteiger partial charge in [0, 0.05) is 17.7 Å². The van der Waals surface area contributed by atoms with Crippen LogP contribution in [0.1, 0.15) is 52.5 Å². The summed E-state index contributed by atoms with van der Waals surface area (Å²) in [5.41, 5.74) is 0.264. The maximum Gasteiger partial charge on any atom is 0.160 e. The van der Waals surface area contributed by atoms with Crippen LogP contribution in [0.4, 0.5) is 0 Å². The maximum atomic E-state index is 13.3. The van der Waals surface area contributed by atoms with Gasteiger partial charge in [-0.1, -0.05) is 30.3 Å². The lowest BCUT2D eigenvalue weighted by Crippen LogP contribution is -2.70. The summed E-state index contributed by atoms with van der Waals surface area (Å²) in [7, 11) is 0. The van der Waals surface area contributed by atoms with Gasteiger partial charge in [0.15, 0.2) is 11.1 Å². The Bertz CT molecular complexity index is 410. The van der Waals surface area contributed by atoms with Crippen LogP contribution in [0.15, 0.2) is 30.3 Å². The fourth-order valence-corrected chi connectivity index (χ4v) is 3.16. The lowest BCUT2D eigenvalue weighted by atomic mass is 9.81. The molecular weight excluding hydrogens is 238 g/mol. The Morgan fingerprint density at radius 2 is 1.58 bits per heavy atom. The standard InChI is InChI=1S/C16H25NO2/c1-15(2)11-8-12-16(3,4)17(15,18)19-13-14-9-6-5-7-10-14/h5-7,9-10H,8,11-13H2,1-4H3/q+1. The van der Waals surface area contributed by atoms with Gasteiger partial charge in [-0.3, -0.25) is 0 Å². The molecule has 0 aromatic heterocycles. The highest BCUT2D eigenvalue weighted by molar-refractivity contribution is 5.13. The number of piperidine rings is 1. The lowest BCUT2D eigenvalue weighted by molar-refractivity contribution is -1.32. The zero-order valence-electron chi connectivity index (χ0n) is 12.5. The third-order valence-electron chi connectivity index (χ3n) is 4.43. The number of benzene rings is 1. The highest BCUT2D eigenvalue weighted by atomic mass is 16.9. The van der Waals surface area contributed by atoms with E-state index < -0.39 is 15.9 Å². The second kappa shape index (κ2) is 4.89. The van der Waals surface area contributed by atoms with Crippen molar-refractivity contribution in [3.63, 3.8) is 0 Å². The van der Waals surface area contributed by atoms with Crippen molar-refractivity contribution < 1.29 is 14.9 Å². The Labute approximate surface area is 116 Å². The minimum absolute atomic E-state index is 0.372. The first-order valence-electron chi connectivity index (χ1n) is 7.07. The Morgan fingerprint density at radius 1 is 1.05 bits per heavy atom. The Morgan fingerprint density at radius 3 is 2.11 bits per heavy atom. The van der Waals surface area contributed by atoms with Crippen LogP contribution in [-0.4, -0.2) is 15.9 Å². The molecule has 1 aliphatic heterocycles. The van der Waals surface area contributed by atoms with E-state index in [1.165, 1.54) is 0 Å². The molecule has 0 atom stereocenters. The predicted octanol–water partition coefficient (Wildman–Crippen LogP) is 4.02. The molecule has 1 aromatic carbocycles. The molecule has 0 bridgehead atoms. The summed E-state index contributed by atoms with van der Waals surface area (Å²) < 4.78 is 0. The third kappa shape index (κ3) is 2.55. The van der Waals surface area contributed by atoms with Crippen LogP contribution in [0.25, 0.3) is 0 Å². The van der Waals surface area contributed by atoms with Crippen LogP contribution in [-0.2, 0) is 16.7 Å². The van der Waals surface area contributed by atoms with Gasteiger partial charge in [0.25, 0.3) is 0 Å². The molecule has 1 radical (unpaired) electrons. The van der Waals surface area contributed by atoms with Crippen LogP contribution in [0, 0.1) is 0 Å². The minimum Gasteiger partial charge on any atom is -0.159 e. The van der Waals surface area contributed by atoms with Crippen molar-refractivity contribution in [3.05, 3.63) is 35.9 Å². The normalized spacial score (nSPS) is 24.1. The van der Waals surface area contributed by atoms with Crippen molar-refractivity contribution in [2.45, 2.75) is 64.6 Å². The number of hydroxylamine groups is 4. The molecule has 0 spiro atoms. The first kappa shape index (κ1) is 14.5. The molecule has 1 saturated heterocycles. The molecule has 1 aromatic rings. The van der Waals surface area contributed by atoms with E-state index >= 15 is 0 Å². The molecule has 3 nitrogen and oxygen atoms in total. The zero-order chi connectivity index (χ0) is 14.1. The highest BCUT2D eigenvalue weighted by Crippen LogP contribution is 2.45. The molecule has 0 amide bonds. The number of nitrogens with zero attached hydrogens (tertiary/aromatic N) is 1. The summed E-state index contributed by atoms with van der Waals surface area (Å²) in [4.78, 5) is 5.31. The van der Waals surface area contributed by atoms with Gasteiger partial charge in [0.1, 0.15) is 6.61 Å². The summed E-state index contributed by atoms with van der Waals surface area (Å²) in [5.74, 6) is 0. The van der Waals surface area contributed by atoms with E-state index in [1.807, 2.05) is 58.0 Å². The molecule has 0 unspecified atom stereocenters. The Hall–Kier alpha value is -0.900. The van der Waals surface area contributed by atoms with E-state index in [-0.39, 0.29) is 0 Å². The van der Waals surface area contributed by atoms with Crippen molar-refractivity contribution >= 4 is 0 Å². The average Bonchev–Trinajstić information content (AvgIpc) is 2.35. The Kier molecular flexibility index (Phi) is 3.74. The van der Waals surface area contributed by atoms with Crippen LogP contribution in [0.5, 0.6) is 0 Å². The van der Waals surface area contributed by atoms with E-state index in [2.05, 4.69) is 0 Å². The quantitative estimate of drug-likeness (QED) is 0.757. The van der Waals surface area contributed by atoms with Crippen LogP contribution in [0.2, 0.25) is 0 Å². The van der Waals surface area contributed by atoms with Gasteiger partial charge in [0.2, 0.25) is 0 Å². The van der Waals surface area contributed by atoms with Crippen molar-refractivity contribution in [1.82, 2.24) is 0 Å². The lowest BCUT2D eigenvalue weighted by Gasteiger charge is -2.50. The topological polar surface area (TPSA) is 29.1 Å². The van der Waals surface area contributed by atoms with E-state index in [0.717, 1.165) is 24.8 Å². The van der Waals surface area contributed by atoms with Crippen LogP contribution < -0.4 is 0 Å². The predicted molar refractivity (Wildman–Crippen MR) is 74.2 cm³/mol. The van der Waals surface area contributed by atoms with Gasteiger partial charge >= 0.3 is 0 Å². The van der Waals surface area contributed by atoms with Crippen molar-refractivity contribution in [1.29, 1.82) is 0 Å². The summed E-state index contributed by atoms with van der Waals surface area (Å²) in [6.45, 7) is 8.45. The maximum absolute atomic E-state index is 13.3. The highest BCUT2D eigenvalue weighted by Gasteiger charge is 2.61. The summed E-state index contributed by atoms with van der Waals surface area (Å²) in [6.07, 6.45) is 2.92. The number of hydrogen-bond acceptors (Lipinski definition) is 1. The fourth-order valence-electron chi connectivity index (χ4n) is 3.16. The summed E-state index contributed by atoms with van der Waals surface area (Å²) in [6, 6.07) is 9.91. The van der Waals surface area contributed by atoms with Crippen LogP contribution in [0.3, 0.4) is 0 Å². The molecule has 0 N–H and O–H groups in total. The third-order valence-corrected chi connectivity index (χ3v) is 4.43. The van der Waals surface area contributed by atoms with Gasteiger partial charge < -0.3 is 0 Å². The van der Waals surface area contributed by atoms with Gasteiger partial charge in [-0.05, 0) is 39.7 Å². The van der Waals surface area contributed by atoms with E-state index in [9.17, 15) is 5.21 Å². The molecule has 2 rings (SSSR count). The zero-order valence-corrected chi connectivity index (χ0v) is 12.5.